The normalized spacial score (nSPS) is 14.6. The van der Waals surface area contributed by atoms with Gasteiger partial charge in [-0.05, 0) is 6.42 Å². The van der Waals surface area contributed by atoms with E-state index in [2.05, 4.69) is 0 Å². The van der Waals surface area contributed by atoms with Crippen LogP contribution in [0.2, 0.25) is 0 Å². The molecule has 1 heterocycles. The van der Waals surface area contributed by atoms with Crippen molar-refractivity contribution in [2.24, 2.45) is 0 Å². The summed E-state index contributed by atoms with van der Waals surface area (Å²) < 4.78 is 0. The maximum Gasteiger partial charge on any atom is 0.222 e. The zero-order chi connectivity index (χ0) is 12.1. The average Bonchev–Trinajstić information content (AvgIpc) is 2.49. The van der Waals surface area contributed by atoms with Gasteiger partial charge in [0.1, 0.15) is 17.2 Å². The van der Waals surface area contributed by atoms with Gasteiger partial charge in [0.15, 0.2) is 0 Å². The summed E-state index contributed by atoms with van der Waals surface area (Å²) in [5.74, 6) is -0.146. The van der Waals surface area contributed by atoms with Crippen molar-refractivity contribution in [2.45, 2.75) is 12.8 Å². The van der Waals surface area contributed by atoms with Gasteiger partial charge in [-0.25, -0.2) is 0 Å². The molecule has 1 fully saturated rings. The van der Waals surface area contributed by atoms with Crippen molar-refractivity contribution in [1.29, 1.82) is 0 Å². The summed E-state index contributed by atoms with van der Waals surface area (Å²) in [6, 6.07) is 3.42. The molecular weight excluding hydrogens is 210 g/mol. The minimum absolute atomic E-state index is 0.146. The number of likely N-dealkylation sites (tertiary alicyclic amines) is 1. The highest BCUT2D eigenvalue weighted by Crippen LogP contribution is 2.23. The van der Waals surface area contributed by atoms with Crippen LogP contribution < -0.4 is 0 Å². The molecule has 0 spiro atoms. The van der Waals surface area contributed by atoms with Crippen molar-refractivity contribution in [1.82, 2.24) is 4.90 Å². The highest BCUT2D eigenvalue weighted by molar-refractivity contribution is 5.77. The largest absolute Gasteiger partial charge is 0.508 e. The molecule has 16 heavy (non-hydrogen) atoms. The predicted octanol–water partition coefficient (Wildman–Crippen LogP) is 1.04. The van der Waals surface area contributed by atoms with Gasteiger partial charge in [-0.2, -0.15) is 0 Å². The monoisotopic (exact) mass is 225 g/mol. The number of nitrogens with zero attached hydrogens (tertiary/aromatic N) is 1. The summed E-state index contributed by atoms with van der Waals surface area (Å²) in [4.78, 5) is 12.3. The van der Waals surface area contributed by atoms with E-state index >= 15 is 0 Å². The van der Waals surface area contributed by atoms with Gasteiger partial charge in [-0.15, -0.1) is 0 Å². The summed E-state index contributed by atoms with van der Waals surface area (Å²) in [5.41, 5.74) is 0. The van der Waals surface area contributed by atoms with E-state index in [-0.39, 0.29) is 17.2 Å². The molecule has 1 aromatic rings. The van der Waals surface area contributed by atoms with Crippen LogP contribution in [0.3, 0.4) is 0 Å². The second-order valence-electron chi connectivity index (χ2n) is 3.63. The number of phenols is 3. The van der Waals surface area contributed by atoms with Gasteiger partial charge >= 0.3 is 0 Å². The highest BCUT2D eigenvalue weighted by Gasteiger charge is 2.14. The molecule has 0 aliphatic carbocycles. The molecule has 5 nitrogen and oxygen atoms in total. The molecule has 0 unspecified atom stereocenters. The van der Waals surface area contributed by atoms with Gasteiger partial charge in [0.2, 0.25) is 5.91 Å². The molecule has 1 saturated heterocycles. The topological polar surface area (TPSA) is 81.0 Å². The Morgan fingerprint density at radius 2 is 1.50 bits per heavy atom. The van der Waals surface area contributed by atoms with E-state index < -0.39 is 0 Å². The molecule has 1 aliphatic heterocycles. The molecule has 5 heteroatoms. The second kappa shape index (κ2) is 5.25. The van der Waals surface area contributed by atoms with Crippen molar-refractivity contribution < 1.29 is 20.1 Å². The molecular formula is C11H15NO4. The van der Waals surface area contributed by atoms with E-state index in [1.165, 1.54) is 0 Å². The molecule has 1 amide bonds. The lowest BCUT2D eigenvalue weighted by Crippen LogP contribution is -2.17. The van der Waals surface area contributed by atoms with Crippen LogP contribution in [-0.4, -0.2) is 39.7 Å². The summed E-state index contributed by atoms with van der Waals surface area (Å²) in [6.07, 6.45) is 1.81. The molecule has 0 atom stereocenters. The Kier molecular flexibility index (Phi) is 3.99. The molecule has 2 rings (SSSR count). The third kappa shape index (κ3) is 3.68. The van der Waals surface area contributed by atoms with Crippen LogP contribution in [0.1, 0.15) is 12.8 Å². The minimum atomic E-state index is -0.146. The van der Waals surface area contributed by atoms with Crippen LogP contribution in [0.5, 0.6) is 17.2 Å². The highest BCUT2D eigenvalue weighted by atomic mass is 16.3. The number of rotatable bonds is 0. The molecule has 0 radical (unpaired) electrons. The van der Waals surface area contributed by atoms with E-state index in [0.717, 1.165) is 37.6 Å². The van der Waals surface area contributed by atoms with Gasteiger partial charge in [-0.1, -0.05) is 0 Å². The van der Waals surface area contributed by atoms with Crippen LogP contribution in [0, 0.1) is 0 Å². The van der Waals surface area contributed by atoms with Crippen LogP contribution in [0.15, 0.2) is 18.2 Å². The maximum atomic E-state index is 10.5. The molecule has 1 aromatic carbocycles. The van der Waals surface area contributed by atoms with Crippen molar-refractivity contribution >= 4 is 5.91 Å². The fourth-order valence-corrected chi connectivity index (χ4v) is 1.36. The average molecular weight is 225 g/mol. The lowest BCUT2D eigenvalue weighted by atomic mass is 10.3. The first-order chi connectivity index (χ1) is 7.49. The molecule has 1 aliphatic rings. The molecule has 88 valence electrons. The number of benzene rings is 1. The Hall–Kier alpha value is -1.91. The van der Waals surface area contributed by atoms with Crippen LogP contribution in [-0.2, 0) is 4.79 Å². The zero-order valence-electron chi connectivity index (χ0n) is 9.05. The molecule has 0 bridgehead atoms. The summed E-state index contributed by atoms with van der Waals surface area (Å²) in [5, 5.41) is 26.0. The summed E-state index contributed by atoms with van der Waals surface area (Å²) in [7, 11) is 1.84. The summed E-state index contributed by atoms with van der Waals surface area (Å²) in [6.45, 7) is 0.957. The van der Waals surface area contributed by atoms with Gasteiger partial charge in [0.05, 0.1) is 0 Å². The molecule has 3 N–H and O–H groups in total. The zero-order valence-corrected chi connectivity index (χ0v) is 9.05. The quantitative estimate of drug-likeness (QED) is 0.616. The third-order valence-electron chi connectivity index (χ3n) is 2.20. The Morgan fingerprint density at radius 1 is 1.06 bits per heavy atom. The Balaban J connectivity index is 0.000000165. The predicted molar refractivity (Wildman–Crippen MR) is 58.3 cm³/mol. The van der Waals surface area contributed by atoms with Gasteiger partial charge in [0, 0.05) is 38.2 Å². The lowest BCUT2D eigenvalue weighted by Gasteiger charge is -2.03. The number of aromatic hydroxyl groups is 3. The van der Waals surface area contributed by atoms with Gasteiger partial charge in [0.25, 0.3) is 0 Å². The Morgan fingerprint density at radius 3 is 1.69 bits per heavy atom. The van der Waals surface area contributed by atoms with Crippen molar-refractivity contribution in [3.05, 3.63) is 18.2 Å². The van der Waals surface area contributed by atoms with Gasteiger partial charge in [-0.3, -0.25) is 4.79 Å². The first-order valence-electron chi connectivity index (χ1n) is 4.95. The van der Waals surface area contributed by atoms with E-state index in [9.17, 15) is 4.79 Å². The number of carbonyl (C=O) groups excluding carboxylic acids is 1. The lowest BCUT2D eigenvalue weighted by molar-refractivity contribution is -0.126. The molecule has 0 aromatic heterocycles. The van der Waals surface area contributed by atoms with Crippen LogP contribution in [0.25, 0.3) is 0 Å². The number of carbonyl (C=O) groups is 1. The van der Waals surface area contributed by atoms with E-state index in [1.54, 1.807) is 4.90 Å². The van der Waals surface area contributed by atoms with E-state index in [0.29, 0.717) is 5.91 Å². The maximum absolute atomic E-state index is 10.5. The fraction of sp³-hybridized carbons (Fsp3) is 0.364. The SMILES string of the molecule is CN1CCCC1=O.Oc1cc(O)cc(O)c1. The van der Waals surface area contributed by atoms with Gasteiger partial charge < -0.3 is 20.2 Å². The van der Waals surface area contributed by atoms with Crippen LogP contribution >= 0.6 is 0 Å². The smallest absolute Gasteiger partial charge is 0.222 e. The Bertz CT molecular complexity index is 328. The standard InChI is InChI=1S/C6H6O3.C5H9NO/c7-4-1-5(8)3-6(9)2-4;1-6-4-2-3-5(6)7/h1-3,7-9H;2-4H2,1H3. The second-order valence-corrected chi connectivity index (χ2v) is 3.63. The van der Waals surface area contributed by atoms with Crippen molar-refractivity contribution in [3.63, 3.8) is 0 Å². The van der Waals surface area contributed by atoms with E-state index in [1.807, 2.05) is 7.05 Å². The number of hydrogen-bond acceptors (Lipinski definition) is 4. The molecule has 0 saturated carbocycles. The van der Waals surface area contributed by atoms with Crippen LogP contribution in [0.4, 0.5) is 0 Å². The fourth-order valence-electron chi connectivity index (χ4n) is 1.36. The van der Waals surface area contributed by atoms with Crippen molar-refractivity contribution in [3.8, 4) is 17.2 Å². The summed E-state index contributed by atoms with van der Waals surface area (Å²) >= 11 is 0. The number of hydrogen-bond donors (Lipinski definition) is 3. The Labute approximate surface area is 93.6 Å². The number of phenolic OH excluding ortho intramolecular Hbond substituents is 3. The third-order valence-corrected chi connectivity index (χ3v) is 2.20. The first kappa shape index (κ1) is 12.2. The first-order valence-corrected chi connectivity index (χ1v) is 4.95. The number of amides is 1. The minimum Gasteiger partial charge on any atom is -0.508 e. The van der Waals surface area contributed by atoms with E-state index in [4.69, 9.17) is 15.3 Å². The van der Waals surface area contributed by atoms with Crippen molar-refractivity contribution in [2.75, 3.05) is 13.6 Å².